The molecule has 0 saturated heterocycles. The monoisotopic (exact) mass is 281 g/mol. The second kappa shape index (κ2) is 15.2. The van der Waals surface area contributed by atoms with E-state index in [-0.39, 0.29) is 11.8 Å². The molecule has 1 N–H and O–H groups in total. The third kappa shape index (κ3) is 14.2. The minimum Gasteiger partial charge on any atom is -0.453 e. The van der Waals surface area contributed by atoms with E-state index in [2.05, 4.69) is 16.6 Å². The number of nitrogens with one attached hydrogen (secondary N) is 1. The van der Waals surface area contributed by atoms with E-state index in [0.29, 0.717) is 12.8 Å². The summed E-state index contributed by atoms with van der Waals surface area (Å²) in [5.74, 6) is 0.0481. The van der Waals surface area contributed by atoms with Crippen molar-refractivity contribution in [2.45, 2.75) is 46.1 Å². The fourth-order valence-electron chi connectivity index (χ4n) is 1.41. The Morgan fingerprint density at radius 3 is 2.40 bits per heavy atom. The third-order valence-electron chi connectivity index (χ3n) is 2.22. The molecule has 0 aromatic heterocycles. The number of allylic oxidation sites excluding steroid dienone is 5. The van der Waals surface area contributed by atoms with E-state index in [9.17, 15) is 9.59 Å². The van der Waals surface area contributed by atoms with Crippen LogP contribution in [-0.4, -0.2) is 25.0 Å². The summed E-state index contributed by atoms with van der Waals surface area (Å²) in [5.41, 5.74) is 0. The number of hydrogen-bond acceptors (Lipinski definition) is 3. The Bertz CT molecular complexity index is 333. The van der Waals surface area contributed by atoms with E-state index in [0.717, 1.165) is 6.42 Å². The summed E-state index contributed by atoms with van der Waals surface area (Å²) in [4.78, 5) is 22.2. The Labute approximate surface area is 122 Å². The van der Waals surface area contributed by atoms with E-state index in [1.54, 1.807) is 6.08 Å². The molecule has 0 aromatic rings. The zero-order valence-corrected chi connectivity index (χ0v) is 13.0. The molecule has 0 heterocycles. The third-order valence-corrected chi connectivity index (χ3v) is 2.22. The van der Waals surface area contributed by atoms with Gasteiger partial charge >= 0.3 is 6.09 Å². The standard InChI is InChI=1S/C14H21NO3.C2H6/c1-4-5-6-7-8-9-10-13(11-12(2)16)15-14(17)18-3;1-2/h4-8,13H,1,9-11H2,2-3H3,(H,15,17);1-2H3/b6-5-,8-7-;. The molecule has 0 radical (unpaired) electrons. The molecule has 0 fully saturated rings. The zero-order valence-electron chi connectivity index (χ0n) is 13.0. The van der Waals surface area contributed by atoms with Crippen LogP contribution >= 0.6 is 0 Å². The maximum Gasteiger partial charge on any atom is 0.407 e. The lowest BCUT2D eigenvalue weighted by molar-refractivity contribution is -0.117. The molecule has 0 saturated carbocycles. The van der Waals surface area contributed by atoms with E-state index in [1.165, 1.54) is 14.0 Å². The molecule has 0 bridgehead atoms. The predicted molar refractivity (Wildman–Crippen MR) is 83.7 cm³/mol. The number of alkyl carbamates (subject to hydrolysis) is 1. The van der Waals surface area contributed by atoms with Gasteiger partial charge in [-0.25, -0.2) is 4.79 Å². The number of carbonyl (C=O) groups is 2. The number of amides is 1. The van der Waals surface area contributed by atoms with Gasteiger partial charge in [-0.1, -0.05) is 50.8 Å². The smallest absolute Gasteiger partial charge is 0.407 e. The summed E-state index contributed by atoms with van der Waals surface area (Å²) in [6.07, 6.45) is 10.6. The van der Waals surface area contributed by atoms with Crippen LogP contribution in [0.25, 0.3) is 0 Å². The van der Waals surface area contributed by atoms with Crippen molar-refractivity contribution in [3.05, 3.63) is 37.0 Å². The van der Waals surface area contributed by atoms with Crippen LogP contribution in [0.15, 0.2) is 37.0 Å². The first-order valence-corrected chi connectivity index (χ1v) is 6.88. The average Bonchev–Trinajstić information content (AvgIpc) is 2.43. The van der Waals surface area contributed by atoms with Crippen LogP contribution in [0, 0.1) is 0 Å². The molecule has 20 heavy (non-hydrogen) atoms. The van der Waals surface area contributed by atoms with Crippen LogP contribution < -0.4 is 5.32 Å². The Morgan fingerprint density at radius 1 is 1.25 bits per heavy atom. The molecule has 1 amide bonds. The lowest BCUT2D eigenvalue weighted by Crippen LogP contribution is -2.35. The van der Waals surface area contributed by atoms with Crippen LogP contribution in [0.2, 0.25) is 0 Å². The summed E-state index contributed by atoms with van der Waals surface area (Å²) in [6.45, 7) is 9.07. The summed E-state index contributed by atoms with van der Waals surface area (Å²) >= 11 is 0. The highest BCUT2D eigenvalue weighted by Gasteiger charge is 2.13. The molecule has 4 nitrogen and oxygen atoms in total. The number of hydrogen-bond donors (Lipinski definition) is 1. The SMILES string of the molecule is C=C/C=C\C=C/CCC(CC(C)=O)NC(=O)OC.CC. The number of carbonyl (C=O) groups excluding carboxylic acids is 2. The van der Waals surface area contributed by atoms with Gasteiger partial charge in [0, 0.05) is 12.5 Å². The molecule has 0 aliphatic heterocycles. The molecule has 114 valence electrons. The van der Waals surface area contributed by atoms with Crippen molar-refractivity contribution < 1.29 is 14.3 Å². The largest absolute Gasteiger partial charge is 0.453 e. The summed E-state index contributed by atoms with van der Waals surface area (Å²) in [6, 6.07) is -0.178. The molecule has 0 aliphatic rings. The minimum atomic E-state index is -0.503. The molecule has 0 aromatic carbocycles. The van der Waals surface area contributed by atoms with Crippen LogP contribution in [0.5, 0.6) is 0 Å². The number of rotatable bonds is 8. The second-order valence-corrected chi connectivity index (χ2v) is 3.87. The van der Waals surface area contributed by atoms with Crippen molar-refractivity contribution in [3.63, 3.8) is 0 Å². The van der Waals surface area contributed by atoms with Crippen molar-refractivity contribution >= 4 is 11.9 Å². The van der Waals surface area contributed by atoms with E-state index in [4.69, 9.17) is 0 Å². The quantitative estimate of drug-likeness (QED) is 0.689. The van der Waals surface area contributed by atoms with E-state index < -0.39 is 6.09 Å². The van der Waals surface area contributed by atoms with Gasteiger partial charge in [0.2, 0.25) is 0 Å². The Hall–Kier alpha value is -1.84. The van der Waals surface area contributed by atoms with Gasteiger partial charge in [0.05, 0.1) is 7.11 Å². The van der Waals surface area contributed by atoms with Crippen LogP contribution in [-0.2, 0) is 9.53 Å². The van der Waals surface area contributed by atoms with Crippen molar-refractivity contribution in [1.29, 1.82) is 0 Å². The highest BCUT2D eigenvalue weighted by Crippen LogP contribution is 2.04. The van der Waals surface area contributed by atoms with Gasteiger partial charge in [-0.2, -0.15) is 0 Å². The lowest BCUT2D eigenvalue weighted by Gasteiger charge is -2.15. The number of methoxy groups -OCH3 is 1. The van der Waals surface area contributed by atoms with Gasteiger partial charge < -0.3 is 10.1 Å². The first kappa shape index (κ1) is 20.5. The second-order valence-electron chi connectivity index (χ2n) is 3.87. The maximum absolute atomic E-state index is 11.1. The molecular weight excluding hydrogens is 254 g/mol. The van der Waals surface area contributed by atoms with Gasteiger partial charge in [-0.15, -0.1) is 0 Å². The molecule has 1 atom stereocenters. The van der Waals surface area contributed by atoms with Gasteiger partial charge in [0.25, 0.3) is 0 Å². The summed E-state index contributed by atoms with van der Waals surface area (Å²) in [7, 11) is 1.31. The molecule has 1 unspecified atom stereocenters. The number of ketones is 1. The zero-order chi connectivity index (χ0) is 15.8. The predicted octanol–water partition coefficient (Wildman–Crippen LogP) is 3.79. The van der Waals surface area contributed by atoms with Gasteiger partial charge in [-0.3, -0.25) is 4.79 Å². The number of Topliss-reactive ketones (excluding diaryl/α,β-unsaturated/α-hetero) is 1. The first-order chi connectivity index (χ1) is 9.60. The van der Waals surface area contributed by atoms with Crippen LogP contribution in [0.1, 0.15) is 40.0 Å². The average molecular weight is 281 g/mol. The van der Waals surface area contributed by atoms with Crippen LogP contribution in [0.3, 0.4) is 0 Å². The van der Waals surface area contributed by atoms with Gasteiger partial charge in [0.1, 0.15) is 5.78 Å². The van der Waals surface area contributed by atoms with Crippen molar-refractivity contribution in [3.8, 4) is 0 Å². The normalized spacial score (nSPS) is 11.6. The van der Waals surface area contributed by atoms with Crippen molar-refractivity contribution in [2.24, 2.45) is 0 Å². The highest BCUT2D eigenvalue weighted by molar-refractivity contribution is 5.77. The van der Waals surface area contributed by atoms with Gasteiger partial charge in [0.15, 0.2) is 0 Å². The minimum absolute atomic E-state index is 0.0481. The molecule has 4 heteroatoms. The fourth-order valence-corrected chi connectivity index (χ4v) is 1.41. The fraction of sp³-hybridized carbons (Fsp3) is 0.500. The highest BCUT2D eigenvalue weighted by atomic mass is 16.5. The van der Waals surface area contributed by atoms with Crippen molar-refractivity contribution in [2.75, 3.05) is 7.11 Å². The molecule has 0 aliphatic carbocycles. The molecule has 0 rings (SSSR count). The first-order valence-electron chi connectivity index (χ1n) is 6.88. The summed E-state index contributed by atoms with van der Waals surface area (Å²) < 4.78 is 4.52. The van der Waals surface area contributed by atoms with E-state index >= 15 is 0 Å². The maximum atomic E-state index is 11.1. The Balaban J connectivity index is 0. The Kier molecular flexibility index (Phi) is 15.6. The molecular formula is C16H27NO3. The Morgan fingerprint density at radius 2 is 1.90 bits per heavy atom. The summed E-state index contributed by atoms with van der Waals surface area (Å²) in [5, 5.41) is 2.65. The topological polar surface area (TPSA) is 55.4 Å². The number of ether oxygens (including phenoxy) is 1. The molecule has 0 spiro atoms. The van der Waals surface area contributed by atoms with Crippen LogP contribution in [0.4, 0.5) is 4.79 Å². The van der Waals surface area contributed by atoms with E-state index in [1.807, 2.05) is 38.2 Å². The van der Waals surface area contributed by atoms with Gasteiger partial charge in [-0.05, 0) is 19.8 Å². The van der Waals surface area contributed by atoms with Crippen molar-refractivity contribution in [1.82, 2.24) is 5.32 Å². The lowest BCUT2D eigenvalue weighted by atomic mass is 10.1.